The van der Waals surface area contributed by atoms with E-state index in [0.29, 0.717) is 45.4 Å². The van der Waals surface area contributed by atoms with E-state index in [-0.39, 0.29) is 5.91 Å². The third-order valence-electron chi connectivity index (χ3n) is 5.83. The lowest BCUT2D eigenvalue weighted by molar-refractivity contribution is -0.115. The summed E-state index contributed by atoms with van der Waals surface area (Å²) in [6.45, 7) is 2.86. The van der Waals surface area contributed by atoms with Gasteiger partial charge in [0.1, 0.15) is 12.4 Å². The van der Waals surface area contributed by atoms with Gasteiger partial charge in [-0.2, -0.15) is 0 Å². The fraction of sp³-hybridized carbons (Fsp3) is 0.133. The molecule has 0 radical (unpaired) electrons. The third kappa shape index (κ3) is 5.79. The Balaban J connectivity index is 1.33. The first kappa shape index (κ1) is 25.7. The molecule has 1 aliphatic heterocycles. The van der Waals surface area contributed by atoms with Crippen LogP contribution in [0.5, 0.6) is 17.2 Å². The number of rotatable bonds is 8. The van der Waals surface area contributed by atoms with Crippen molar-refractivity contribution in [1.82, 2.24) is 5.32 Å². The summed E-state index contributed by atoms with van der Waals surface area (Å²) in [6.07, 6.45) is 1.75. The summed E-state index contributed by atoms with van der Waals surface area (Å²) in [5.41, 5.74) is 2.48. The number of methoxy groups -OCH3 is 1. The summed E-state index contributed by atoms with van der Waals surface area (Å²) in [4.78, 5) is 17.6. The van der Waals surface area contributed by atoms with Gasteiger partial charge in [0.25, 0.3) is 5.91 Å². The SMILES string of the molecule is CCOc1ccc(N=C2NC(=O)/C(=C\c3cc(Cl)c(OCc4cccc5ccccc45)c(OC)c3)S2)cc1. The number of carbonyl (C=O) groups excluding carboxylic acids is 1. The maximum atomic E-state index is 12.6. The number of carbonyl (C=O) groups is 1. The average molecular weight is 545 g/mol. The highest BCUT2D eigenvalue weighted by molar-refractivity contribution is 8.18. The zero-order valence-electron chi connectivity index (χ0n) is 20.9. The molecule has 6 nitrogen and oxygen atoms in total. The summed E-state index contributed by atoms with van der Waals surface area (Å²) in [5, 5.41) is 5.96. The molecule has 1 saturated heterocycles. The average Bonchev–Trinajstić information content (AvgIpc) is 3.27. The Bertz CT molecular complexity index is 1540. The van der Waals surface area contributed by atoms with E-state index in [1.807, 2.05) is 55.5 Å². The lowest BCUT2D eigenvalue weighted by Crippen LogP contribution is -2.19. The van der Waals surface area contributed by atoms with Gasteiger partial charge in [0.2, 0.25) is 0 Å². The summed E-state index contributed by atoms with van der Waals surface area (Å²) in [5.74, 6) is 1.48. The number of thioether (sulfide) groups is 1. The van der Waals surface area contributed by atoms with Crippen LogP contribution in [0, 0.1) is 0 Å². The first-order valence-electron chi connectivity index (χ1n) is 12.0. The van der Waals surface area contributed by atoms with Crippen LogP contribution in [0.2, 0.25) is 5.02 Å². The van der Waals surface area contributed by atoms with Crippen LogP contribution in [-0.4, -0.2) is 24.8 Å². The molecule has 5 rings (SSSR count). The van der Waals surface area contributed by atoms with E-state index in [1.165, 1.54) is 11.8 Å². The van der Waals surface area contributed by atoms with Crippen molar-refractivity contribution in [3.8, 4) is 17.2 Å². The Kier molecular flexibility index (Phi) is 7.86. The number of amides is 1. The smallest absolute Gasteiger partial charge is 0.264 e. The van der Waals surface area contributed by atoms with Gasteiger partial charge >= 0.3 is 0 Å². The molecule has 0 aromatic heterocycles. The molecular weight excluding hydrogens is 520 g/mol. The zero-order valence-corrected chi connectivity index (χ0v) is 22.4. The molecule has 0 atom stereocenters. The minimum absolute atomic E-state index is 0.231. The number of nitrogens with zero attached hydrogens (tertiary/aromatic N) is 1. The Morgan fingerprint density at radius 3 is 2.58 bits per heavy atom. The molecule has 0 aliphatic carbocycles. The van der Waals surface area contributed by atoms with Gasteiger partial charge in [-0.3, -0.25) is 4.79 Å². The highest BCUT2D eigenvalue weighted by atomic mass is 35.5. The molecule has 0 bridgehead atoms. The van der Waals surface area contributed by atoms with Gasteiger partial charge in [-0.15, -0.1) is 0 Å². The Labute approximate surface area is 230 Å². The van der Waals surface area contributed by atoms with Crippen LogP contribution in [0.4, 0.5) is 5.69 Å². The van der Waals surface area contributed by atoms with Crippen molar-refractivity contribution in [3.63, 3.8) is 0 Å². The van der Waals surface area contributed by atoms with Crippen molar-refractivity contribution in [3.05, 3.63) is 99.9 Å². The Morgan fingerprint density at radius 2 is 1.79 bits per heavy atom. The monoisotopic (exact) mass is 544 g/mol. The molecule has 8 heteroatoms. The zero-order chi connectivity index (χ0) is 26.5. The molecule has 1 amide bonds. The number of ether oxygens (including phenoxy) is 3. The molecular formula is C30H25ClN2O4S. The number of aliphatic imine (C=N–C) groups is 1. The fourth-order valence-electron chi connectivity index (χ4n) is 4.06. The van der Waals surface area contributed by atoms with Crippen molar-refractivity contribution in [1.29, 1.82) is 0 Å². The van der Waals surface area contributed by atoms with Crippen LogP contribution in [0.3, 0.4) is 0 Å². The van der Waals surface area contributed by atoms with Gasteiger partial charge in [0, 0.05) is 0 Å². The number of amidine groups is 1. The highest BCUT2D eigenvalue weighted by Crippen LogP contribution is 2.39. The van der Waals surface area contributed by atoms with Crippen LogP contribution in [0.25, 0.3) is 16.8 Å². The summed E-state index contributed by atoms with van der Waals surface area (Å²) < 4.78 is 17.2. The predicted molar refractivity (Wildman–Crippen MR) is 155 cm³/mol. The molecule has 1 fully saturated rings. The quantitative estimate of drug-likeness (QED) is 0.234. The van der Waals surface area contributed by atoms with Crippen molar-refractivity contribution >= 4 is 57.0 Å². The molecule has 4 aromatic carbocycles. The maximum Gasteiger partial charge on any atom is 0.264 e. The molecule has 38 heavy (non-hydrogen) atoms. The second-order valence-electron chi connectivity index (χ2n) is 8.37. The van der Waals surface area contributed by atoms with Crippen LogP contribution >= 0.6 is 23.4 Å². The number of hydrogen-bond acceptors (Lipinski definition) is 6. The van der Waals surface area contributed by atoms with Gasteiger partial charge < -0.3 is 19.5 Å². The van der Waals surface area contributed by atoms with Gasteiger partial charge in [0.05, 0.1) is 29.3 Å². The van der Waals surface area contributed by atoms with E-state index in [0.717, 1.165) is 27.8 Å². The first-order valence-corrected chi connectivity index (χ1v) is 13.2. The highest BCUT2D eigenvalue weighted by Gasteiger charge is 2.24. The van der Waals surface area contributed by atoms with Crippen LogP contribution in [-0.2, 0) is 11.4 Å². The number of halogens is 1. The second-order valence-corrected chi connectivity index (χ2v) is 9.81. The minimum Gasteiger partial charge on any atom is -0.494 e. The van der Waals surface area contributed by atoms with E-state index in [4.69, 9.17) is 25.8 Å². The largest absolute Gasteiger partial charge is 0.494 e. The molecule has 1 N–H and O–H groups in total. The third-order valence-corrected chi connectivity index (χ3v) is 7.02. The maximum absolute atomic E-state index is 12.6. The number of nitrogens with one attached hydrogen (secondary N) is 1. The van der Waals surface area contributed by atoms with Crippen molar-refractivity contribution in [2.24, 2.45) is 4.99 Å². The van der Waals surface area contributed by atoms with E-state index >= 15 is 0 Å². The first-order chi connectivity index (χ1) is 18.5. The standard InChI is InChI=1S/C30H25ClN2O4S/c1-3-36-23-13-11-22(12-14-23)32-30-33-29(34)27(38-30)17-19-15-25(31)28(26(16-19)35-2)37-18-21-9-6-8-20-7-4-5-10-24(20)21/h4-17H,3,18H2,1-2H3,(H,32,33,34)/b27-17+. The molecule has 192 valence electrons. The number of hydrogen-bond donors (Lipinski definition) is 1. The molecule has 0 unspecified atom stereocenters. The fourth-order valence-corrected chi connectivity index (χ4v) is 5.18. The van der Waals surface area contributed by atoms with E-state index in [9.17, 15) is 4.79 Å². The summed E-state index contributed by atoms with van der Waals surface area (Å²) in [7, 11) is 1.56. The van der Waals surface area contributed by atoms with E-state index < -0.39 is 0 Å². The van der Waals surface area contributed by atoms with Gasteiger partial charge in [0.15, 0.2) is 16.7 Å². The number of fused-ring (bicyclic) bond motifs is 1. The van der Waals surface area contributed by atoms with Crippen molar-refractivity contribution in [2.45, 2.75) is 13.5 Å². The summed E-state index contributed by atoms with van der Waals surface area (Å²) >= 11 is 7.87. The van der Waals surface area contributed by atoms with Gasteiger partial charge in [-0.25, -0.2) is 4.99 Å². The van der Waals surface area contributed by atoms with E-state index in [2.05, 4.69) is 28.5 Å². The molecule has 4 aromatic rings. The number of benzene rings is 4. The van der Waals surface area contributed by atoms with Crippen LogP contribution < -0.4 is 19.5 Å². The summed E-state index contributed by atoms with van der Waals surface area (Å²) in [6, 6.07) is 25.2. The van der Waals surface area contributed by atoms with E-state index in [1.54, 1.807) is 25.3 Å². The second kappa shape index (κ2) is 11.6. The molecule has 0 saturated carbocycles. The molecule has 1 aliphatic rings. The predicted octanol–water partition coefficient (Wildman–Crippen LogP) is 7.37. The van der Waals surface area contributed by atoms with Crippen molar-refractivity contribution < 1.29 is 19.0 Å². The topological polar surface area (TPSA) is 69.2 Å². The van der Waals surface area contributed by atoms with Gasteiger partial charge in [-0.05, 0) is 83.1 Å². The lowest BCUT2D eigenvalue weighted by atomic mass is 10.1. The molecule has 0 spiro atoms. The Morgan fingerprint density at radius 1 is 1.00 bits per heavy atom. The van der Waals surface area contributed by atoms with Crippen molar-refractivity contribution in [2.75, 3.05) is 13.7 Å². The van der Waals surface area contributed by atoms with Crippen LogP contribution in [0.1, 0.15) is 18.1 Å². The van der Waals surface area contributed by atoms with Gasteiger partial charge in [-0.1, -0.05) is 54.1 Å². The lowest BCUT2D eigenvalue weighted by Gasteiger charge is -2.14. The van der Waals surface area contributed by atoms with Crippen LogP contribution in [0.15, 0.2) is 88.8 Å². The normalized spacial score (nSPS) is 15.2. The molecule has 1 heterocycles. The Hall–Kier alpha value is -3.94. The minimum atomic E-state index is -0.231.